The van der Waals surface area contributed by atoms with E-state index >= 15 is 0 Å². The second-order valence-corrected chi connectivity index (χ2v) is 6.93. The van der Waals surface area contributed by atoms with Crippen molar-refractivity contribution < 1.29 is 14.8 Å². The standard InChI is InChI=1S/C18H27N3O4/c1-18(2,22)13-19-16-5-4-15(12-17(16)21(23)24)14-6-8-20(9-7-14)10-11-25-3/h4-6,12,19,22H,7-11,13H2,1-3H3. The second-order valence-electron chi connectivity index (χ2n) is 6.93. The first kappa shape index (κ1) is 19.4. The Bertz CT molecular complexity index is 638. The van der Waals surface area contributed by atoms with E-state index in [0.717, 1.165) is 37.2 Å². The van der Waals surface area contributed by atoms with E-state index in [4.69, 9.17) is 4.74 Å². The summed E-state index contributed by atoms with van der Waals surface area (Å²) in [5.74, 6) is 0. The van der Waals surface area contributed by atoms with E-state index in [-0.39, 0.29) is 17.2 Å². The van der Waals surface area contributed by atoms with E-state index < -0.39 is 5.60 Å². The Morgan fingerprint density at radius 2 is 2.20 bits per heavy atom. The van der Waals surface area contributed by atoms with Crippen LogP contribution in [-0.4, -0.2) is 60.4 Å². The zero-order valence-corrected chi connectivity index (χ0v) is 15.1. The van der Waals surface area contributed by atoms with Gasteiger partial charge in [-0.25, -0.2) is 0 Å². The number of hydrogen-bond acceptors (Lipinski definition) is 6. The highest BCUT2D eigenvalue weighted by atomic mass is 16.6. The minimum atomic E-state index is -0.940. The Balaban J connectivity index is 2.13. The zero-order chi connectivity index (χ0) is 18.4. The highest BCUT2D eigenvalue weighted by molar-refractivity contribution is 5.73. The van der Waals surface area contributed by atoms with Gasteiger partial charge >= 0.3 is 0 Å². The fourth-order valence-electron chi connectivity index (χ4n) is 2.74. The van der Waals surface area contributed by atoms with Crippen LogP contribution in [0.5, 0.6) is 0 Å². The first-order valence-corrected chi connectivity index (χ1v) is 8.45. The molecule has 0 fully saturated rings. The molecule has 7 nitrogen and oxygen atoms in total. The van der Waals surface area contributed by atoms with E-state index in [1.54, 1.807) is 33.1 Å². The smallest absolute Gasteiger partial charge is 0.292 e. The lowest BCUT2D eigenvalue weighted by molar-refractivity contribution is -0.384. The minimum absolute atomic E-state index is 0.0319. The Hall–Kier alpha value is -1.96. The maximum atomic E-state index is 11.4. The Labute approximate surface area is 148 Å². The van der Waals surface area contributed by atoms with Crippen LogP contribution in [0.25, 0.3) is 5.57 Å². The Morgan fingerprint density at radius 1 is 1.44 bits per heavy atom. The van der Waals surface area contributed by atoms with Crippen molar-refractivity contribution in [3.63, 3.8) is 0 Å². The fourth-order valence-corrected chi connectivity index (χ4v) is 2.74. The molecule has 2 N–H and O–H groups in total. The van der Waals surface area contributed by atoms with Crippen LogP contribution in [0.4, 0.5) is 11.4 Å². The summed E-state index contributed by atoms with van der Waals surface area (Å²) < 4.78 is 5.10. The van der Waals surface area contributed by atoms with E-state index in [9.17, 15) is 15.2 Å². The van der Waals surface area contributed by atoms with Crippen LogP contribution in [0, 0.1) is 10.1 Å². The summed E-state index contributed by atoms with van der Waals surface area (Å²) in [6, 6.07) is 5.23. The monoisotopic (exact) mass is 349 g/mol. The lowest BCUT2D eigenvalue weighted by Gasteiger charge is -2.26. The number of nitrogens with zero attached hydrogens (tertiary/aromatic N) is 2. The molecule has 0 saturated heterocycles. The van der Waals surface area contributed by atoms with Gasteiger partial charge in [0.2, 0.25) is 0 Å². The van der Waals surface area contributed by atoms with Crippen LogP contribution in [-0.2, 0) is 4.74 Å². The number of methoxy groups -OCH3 is 1. The van der Waals surface area contributed by atoms with Gasteiger partial charge in [-0.05, 0) is 37.5 Å². The molecule has 2 rings (SSSR count). The summed E-state index contributed by atoms with van der Waals surface area (Å²) in [4.78, 5) is 13.3. The van der Waals surface area contributed by atoms with Crippen molar-refractivity contribution in [1.29, 1.82) is 0 Å². The Morgan fingerprint density at radius 3 is 2.76 bits per heavy atom. The van der Waals surface area contributed by atoms with Gasteiger partial charge in [-0.1, -0.05) is 12.1 Å². The number of rotatable bonds is 8. The number of nitro groups is 1. The molecule has 0 unspecified atom stereocenters. The van der Waals surface area contributed by atoms with Crippen LogP contribution in [0.2, 0.25) is 0 Å². The topological polar surface area (TPSA) is 87.9 Å². The van der Waals surface area contributed by atoms with Gasteiger partial charge in [-0.2, -0.15) is 0 Å². The van der Waals surface area contributed by atoms with Crippen molar-refractivity contribution >= 4 is 16.9 Å². The van der Waals surface area contributed by atoms with Gasteiger partial charge in [-0.3, -0.25) is 15.0 Å². The first-order valence-electron chi connectivity index (χ1n) is 8.45. The number of benzene rings is 1. The molecule has 1 aromatic rings. The van der Waals surface area contributed by atoms with Crippen molar-refractivity contribution in [2.75, 3.05) is 45.2 Å². The third-order valence-electron chi connectivity index (χ3n) is 4.18. The molecule has 25 heavy (non-hydrogen) atoms. The molecule has 0 aliphatic carbocycles. The van der Waals surface area contributed by atoms with Gasteiger partial charge in [0, 0.05) is 39.4 Å². The molecule has 1 heterocycles. The van der Waals surface area contributed by atoms with Crippen LogP contribution in [0.15, 0.2) is 24.3 Å². The summed E-state index contributed by atoms with van der Waals surface area (Å²) in [6.07, 6.45) is 2.99. The average molecular weight is 349 g/mol. The molecule has 0 amide bonds. The van der Waals surface area contributed by atoms with Gasteiger partial charge in [-0.15, -0.1) is 0 Å². The summed E-state index contributed by atoms with van der Waals surface area (Å²) >= 11 is 0. The quantitative estimate of drug-likeness (QED) is 0.554. The van der Waals surface area contributed by atoms with Gasteiger partial charge in [0.05, 0.1) is 17.1 Å². The summed E-state index contributed by atoms with van der Waals surface area (Å²) in [5.41, 5.74) is 1.53. The number of nitrogens with one attached hydrogen (secondary N) is 1. The van der Waals surface area contributed by atoms with Crippen LogP contribution >= 0.6 is 0 Å². The molecule has 0 saturated carbocycles. The van der Waals surface area contributed by atoms with E-state index in [2.05, 4.69) is 16.3 Å². The molecule has 1 aliphatic rings. The number of anilines is 1. The molecule has 0 atom stereocenters. The predicted octanol–water partition coefficient (Wildman–Crippen LogP) is 2.51. The molecule has 1 aliphatic heterocycles. The minimum Gasteiger partial charge on any atom is -0.389 e. The van der Waals surface area contributed by atoms with Gasteiger partial charge in [0.1, 0.15) is 5.69 Å². The first-order chi connectivity index (χ1) is 11.8. The fraction of sp³-hybridized carbons (Fsp3) is 0.556. The molecule has 0 bridgehead atoms. The number of hydrogen-bond donors (Lipinski definition) is 2. The van der Waals surface area contributed by atoms with Crippen molar-refractivity contribution in [3.05, 3.63) is 40.0 Å². The maximum absolute atomic E-state index is 11.4. The molecule has 0 spiro atoms. The molecular formula is C18H27N3O4. The largest absolute Gasteiger partial charge is 0.389 e. The number of ether oxygens (including phenoxy) is 1. The van der Waals surface area contributed by atoms with E-state index in [1.807, 2.05) is 6.07 Å². The summed E-state index contributed by atoms with van der Waals surface area (Å²) in [5, 5.41) is 24.2. The second kappa shape index (κ2) is 8.42. The highest BCUT2D eigenvalue weighted by Gasteiger charge is 2.20. The third kappa shape index (κ3) is 5.81. The predicted molar refractivity (Wildman–Crippen MR) is 98.8 cm³/mol. The molecular weight excluding hydrogens is 322 g/mol. The van der Waals surface area contributed by atoms with Crippen LogP contribution < -0.4 is 5.32 Å². The zero-order valence-electron chi connectivity index (χ0n) is 15.1. The highest BCUT2D eigenvalue weighted by Crippen LogP contribution is 2.31. The SMILES string of the molecule is COCCN1CC=C(c2ccc(NCC(C)(C)O)c([N+](=O)[O-])c2)CC1. The van der Waals surface area contributed by atoms with Gasteiger partial charge < -0.3 is 15.2 Å². The van der Waals surface area contributed by atoms with Crippen LogP contribution in [0.3, 0.4) is 0 Å². The molecule has 1 aromatic carbocycles. The lowest BCUT2D eigenvalue weighted by atomic mass is 9.98. The van der Waals surface area contributed by atoms with Crippen molar-refractivity contribution in [1.82, 2.24) is 4.90 Å². The van der Waals surface area contributed by atoms with Crippen LogP contribution in [0.1, 0.15) is 25.8 Å². The number of nitro benzene ring substituents is 1. The Kier molecular flexibility index (Phi) is 6.52. The third-order valence-corrected chi connectivity index (χ3v) is 4.18. The number of aliphatic hydroxyl groups is 1. The molecule has 7 heteroatoms. The van der Waals surface area contributed by atoms with E-state index in [0.29, 0.717) is 12.3 Å². The van der Waals surface area contributed by atoms with Gasteiger partial charge in [0.15, 0.2) is 0 Å². The van der Waals surface area contributed by atoms with Crippen molar-refractivity contribution in [2.24, 2.45) is 0 Å². The lowest BCUT2D eigenvalue weighted by Crippen LogP contribution is -2.31. The molecule has 0 radical (unpaired) electrons. The normalized spacial score (nSPS) is 15.8. The van der Waals surface area contributed by atoms with Gasteiger partial charge in [0.25, 0.3) is 5.69 Å². The summed E-state index contributed by atoms with van der Waals surface area (Å²) in [7, 11) is 1.69. The molecule has 138 valence electrons. The summed E-state index contributed by atoms with van der Waals surface area (Å²) in [6.45, 7) is 6.89. The molecule has 0 aromatic heterocycles. The van der Waals surface area contributed by atoms with E-state index in [1.165, 1.54) is 0 Å². The van der Waals surface area contributed by atoms with Crippen molar-refractivity contribution in [2.45, 2.75) is 25.9 Å². The maximum Gasteiger partial charge on any atom is 0.292 e. The average Bonchev–Trinajstić information content (AvgIpc) is 2.57. The van der Waals surface area contributed by atoms with Crippen molar-refractivity contribution in [3.8, 4) is 0 Å².